The lowest BCUT2D eigenvalue weighted by atomic mass is 10.0. The normalized spacial score (nSPS) is 25.0. The molecule has 1 aliphatic carbocycles. The van der Waals surface area contributed by atoms with Crippen molar-refractivity contribution in [1.29, 1.82) is 0 Å². The van der Waals surface area contributed by atoms with Crippen molar-refractivity contribution in [2.45, 2.75) is 32.4 Å². The van der Waals surface area contributed by atoms with Crippen molar-refractivity contribution < 1.29 is 4.74 Å². The lowest BCUT2D eigenvalue weighted by molar-refractivity contribution is 0.0170. The number of benzene rings is 1. The second-order valence-electron chi connectivity index (χ2n) is 6.99. The Morgan fingerprint density at radius 3 is 2.48 bits per heavy atom. The van der Waals surface area contributed by atoms with Crippen LogP contribution in [-0.2, 0) is 4.74 Å². The highest BCUT2D eigenvalue weighted by Crippen LogP contribution is 2.28. The van der Waals surface area contributed by atoms with Gasteiger partial charge in [-0.05, 0) is 24.8 Å². The first-order valence-corrected chi connectivity index (χ1v) is 9.03. The first kappa shape index (κ1) is 20.5. The number of guanidine groups is 1. The monoisotopic (exact) mass is 458 g/mol. The van der Waals surface area contributed by atoms with Gasteiger partial charge in [0.1, 0.15) is 0 Å². The number of hydrogen-bond donors (Lipinski definition) is 2. The lowest BCUT2D eigenvalue weighted by Crippen LogP contribution is -2.46. The van der Waals surface area contributed by atoms with Crippen LogP contribution >= 0.6 is 24.0 Å². The van der Waals surface area contributed by atoms with Gasteiger partial charge in [0.25, 0.3) is 0 Å². The van der Waals surface area contributed by atoms with Crippen LogP contribution in [0.3, 0.4) is 0 Å². The molecule has 6 heteroatoms. The number of aryl methyl sites for hydroxylation is 1. The fourth-order valence-electron chi connectivity index (χ4n) is 3.22. The van der Waals surface area contributed by atoms with E-state index in [-0.39, 0.29) is 24.0 Å². The molecule has 1 aliphatic heterocycles. The minimum atomic E-state index is 0. The summed E-state index contributed by atoms with van der Waals surface area (Å²) in [5.74, 6) is 1.67. The number of rotatable bonds is 5. The van der Waals surface area contributed by atoms with Crippen molar-refractivity contribution >= 4 is 29.9 Å². The summed E-state index contributed by atoms with van der Waals surface area (Å²) in [4.78, 5) is 6.89. The standard InChI is InChI=1S/C19H30N4O.HI/c1-14-4-6-16(7-5-14)18(23-8-10-24-11-9-23)13-21-19(20-3)22-17-12-15(17)2;/h4-7,15,17-18H,8-13H2,1-3H3,(H2,20,21,22);1H. The molecular weight excluding hydrogens is 427 g/mol. The Balaban J connectivity index is 0.00000225. The highest BCUT2D eigenvalue weighted by atomic mass is 127. The van der Waals surface area contributed by atoms with Crippen molar-refractivity contribution in [3.63, 3.8) is 0 Å². The predicted octanol–water partition coefficient (Wildman–Crippen LogP) is 2.56. The molecule has 2 fully saturated rings. The number of halogens is 1. The Morgan fingerprint density at radius 2 is 1.92 bits per heavy atom. The number of hydrogen-bond acceptors (Lipinski definition) is 3. The third-order valence-corrected chi connectivity index (χ3v) is 5.07. The Kier molecular flexibility index (Phi) is 7.96. The van der Waals surface area contributed by atoms with Gasteiger partial charge in [0.2, 0.25) is 0 Å². The minimum Gasteiger partial charge on any atom is -0.379 e. The van der Waals surface area contributed by atoms with Crippen molar-refractivity contribution in [3.05, 3.63) is 35.4 Å². The van der Waals surface area contributed by atoms with Crippen LogP contribution in [0.4, 0.5) is 0 Å². The van der Waals surface area contributed by atoms with Crippen molar-refractivity contribution in [3.8, 4) is 0 Å². The second-order valence-corrected chi connectivity index (χ2v) is 6.99. The van der Waals surface area contributed by atoms with Crippen LogP contribution in [0.1, 0.15) is 30.5 Å². The molecule has 3 rings (SSSR count). The first-order chi connectivity index (χ1) is 11.7. The number of ether oxygens (including phenoxy) is 1. The van der Waals surface area contributed by atoms with E-state index in [1.54, 1.807) is 0 Å². The van der Waals surface area contributed by atoms with Gasteiger partial charge in [0.05, 0.1) is 19.3 Å². The highest BCUT2D eigenvalue weighted by Gasteiger charge is 2.33. The van der Waals surface area contributed by atoms with Gasteiger partial charge in [0, 0.05) is 32.7 Å². The molecule has 5 nitrogen and oxygen atoms in total. The zero-order valence-corrected chi connectivity index (χ0v) is 17.8. The molecule has 140 valence electrons. The Bertz CT molecular complexity index is 557. The second kappa shape index (κ2) is 9.73. The fraction of sp³-hybridized carbons (Fsp3) is 0.632. The van der Waals surface area contributed by atoms with E-state index in [4.69, 9.17) is 4.74 Å². The largest absolute Gasteiger partial charge is 0.379 e. The maximum atomic E-state index is 5.53. The average molecular weight is 458 g/mol. The van der Waals surface area contributed by atoms with E-state index in [1.807, 2.05) is 7.05 Å². The summed E-state index contributed by atoms with van der Waals surface area (Å²) in [5.41, 5.74) is 2.65. The smallest absolute Gasteiger partial charge is 0.191 e. The van der Waals surface area contributed by atoms with Gasteiger partial charge in [-0.25, -0.2) is 0 Å². The van der Waals surface area contributed by atoms with E-state index < -0.39 is 0 Å². The summed E-state index contributed by atoms with van der Waals surface area (Å²) in [7, 11) is 1.85. The SMILES string of the molecule is CN=C(NCC(c1ccc(C)cc1)N1CCOCC1)NC1CC1C.I. The van der Waals surface area contributed by atoms with Gasteiger partial charge < -0.3 is 15.4 Å². The molecule has 0 spiro atoms. The molecule has 1 saturated carbocycles. The van der Waals surface area contributed by atoms with Crippen molar-refractivity contribution in [2.24, 2.45) is 10.9 Å². The van der Waals surface area contributed by atoms with E-state index in [0.717, 1.165) is 44.7 Å². The lowest BCUT2D eigenvalue weighted by Gasteiger charge is -2.35. The van der Waals surface area contributed by atoms with Crippen LogP contribution in [0.5, 0.6) is 0 Å². The molecule has 1 aromatic carbocycles. The number of nitrogens with zero attached hydrogens (tertiary/aromatic N) is 2. The maximum absolute atomic E-state index is 5.53. The zero-order chi connectivity index (χ0) is 16.9. The summed E-state index contributed by atoms with van der Waals surface area (Å²) in [6.45, 7) is 8.84. The Labute approximate surface area is 168 Å². The van der Waals surface area contributed by atoms with Gasteiger partial charge in [-0.3, -0.25) is 9.89 Å². The number of nitrogens with one attached hydrogen (secondary N) is 2. The fourth-order valence-corrected chi connectivity index (χ4v) is 3.22. The molecule has 0 aromatic heterocycles. The molecule has 1 saturated heterocycles. The van der Waals surface area contributed by atoms with Crippen LogP contribution in [0.25, 0.3) is 0 Å². The van der Waals surface area contributed by atoms with Gasteiger partial charge in [0.15, 0.2) is 5.96 Å². The molecule has 2 N–H and O–H groups in total. The van der Waals surface area contributed by atoms with Gasteiger partial charge in [-0.2, -0.15) is 0 Å². The van der Waals surface area contributed by atoms with Gasteiger partial charge in [-0.1, -0.05) is 36.8 Å². The van der Waals surface area contributed by atoms with Gasteiger partial charge >= 0.3 is 0 Å². The average Bonchev–Trinajstić information content (AvgIpc) is 3.31. The van der Waals surface area contributed by atoms with E-state index in [1.165, 1.54) is 17.5 Å². The number of morpholine rings is 1. The van der Waals surface area contributed by atoms with Gasteiger partial charge in [-0.15, -0.1) is 24.0 Å². The Hall–Kier alpha value is -0.860. The summed E-state index contributed by atoms with van der Waals surface area (Å²) in [6, 6.07) is 9.80. The predicted molar refractivity (Wildman–Crippen MR) is 114 cm³/mol. The van der Waals surface area contributed by atoms with Crippen LogP contribution in [0, 0.1) is 12.8 Å². The van der Waals surface area contributed by atoms with Crippen LogP contribution in [0.15, 0.2) is 29.3 Å². The molecule has 0 bridgehead atoms. The van der Waals surface area contributed by atoms with E-state index in [9.17, 15) is 0 Å². The molecule has 0 amide bonds. The topological polar surface area (TPSA) is 48.9 Å². The molecular formula is C19H31IN4O. The molecule has 25 heavy (non-hydrogen) atoms. The third-order valence-electron chi connectivity index (χ3n) is 5.07. The summed E-state index contributed by atoms with van der Waals surface area (Å²) in [6.07, 6.45) is 1.24. The minimum absolute atomic E-state index is 0. The summed E-state index contributed by atoms with van der Waals surface area (Å²) < 4.78 is 5.53. The quantitative estimate of drug-likeness (QED) is 0.405. The van der Waals surface area contributed by atoms with Crippen LogP contribution in [0.2, 0.25) is 0 Å². The molecule has 0 radical (unpaired) electrons. The number of aliphatic imine (C=N–C) groups is 1. The highest BCUT2D eigenvalue weighted by molar-refractivity contribution is 14.0. The summed E-state index contributed by atoms with van der Waals surface area (Å²) in [5, 5.41) is 7.03. The Morgan fingerprint density at radius 1 is 1.28 bits per heavy atom. The first-order valence-electron chi connectivity index (χ1n) is 9.03. The van der Waals surface area contributed by atoms with Crippen molar-refractivity contribution in [2.75, 3.05) is 39.9 Å². The summed E-state index contributed by atoms with van der Waals surface area (Å²) >= 11 is 0. The maximum Gasteiger partial charge on any atom is 0.191 e. The molecule has 2 aliphatic rings. The third kappa shape index (κ3) is 5.82. The zero-order valence-electron chi connectivity index (χ0n) is 15.5. The molecule has 3 atom stereocenters. The van der Waals surface area contributed by atoms with E-state index in [0.29, 0.717) is 12.1 Å². The van der Waals surface area contributed by atoms with E-state index >= 15 is 0 Å². The molecule has 3 unspecified atom stereocenters. The van der Waals surface area contributed by atoms with Crippen LogP contribution in [-0.4, -0.2) is 56.8 Å². The van der Waals surface area contributed by atoms with Crippen LogP contribution < -0.4 is 10.6 Å². The molecule has 1 aromatic rings. The van der Waals surface area contributed by atoms with Crippen molar-refractivity contribution in [1.82, 2.24) is 15.5 Å². The molecule has 1 heterocycles. The van der Waals surface area contributed by atoms with E-state index in [2.05, 4.69) is 58.6 Å².